The van der Waals surface area contributed by atoms with Gasteiger partial charge in [0.2, 0.25) is 0 Å². The quantitative estimate of drug-likeness (QED) is 0.400. The fourth-order valence-electron chi connectivity index (χ4n) is 4.40. The lowest BCUT2D eigenvalue weighted by Gasteiger charge is -2.29. The van der Waals surface area contributed by atoms with E-state index in [2.05, 4.69) is 47.1 Å². The molecule has 4 aromatic heterocycles. The van der Waals surface area contributed by atoms with Crippen LogP contribution in [0.4, 0.5) is 5.82 Å². The van der Waals surface area contributed by atoms with Crippen LogP contribution in [0.1, 0.15) is 24.8 Å². The summed E-state index contributed by atoms with van der Waals surface area (Å²) in [7, 11) is 0. The van der Waals surface area contributed by atoms with Gasteiger partial charge in [0.1, 0.15) is 5.82 Å². The van der Waals surface area contributed by atoms with Crippen LogP contribution in [-0.4, -0.2) is 42.5 Å². The molecule has 1 aromatic carbocycles. The van der Waals surface area contributed by atoms with Gasteiger partial charge in [0.15, 0.2) is 11.5 Å². The molecule has 0 aliphatic carbocycles. The van der Waals surface area contributed by atoms with Crippen LogP contribution in [0.3, 0.4) is 0 Å². The van der Waals surface area contributed by atoms with E-state index in [1.807, 2.05) is 39.7 Å². The van der Waals surface area contributed by atoms with Crippen LogP contribution in [-0.2, 0) is 0 Å². The third-order valence-corrected chi connectivity index (χ3v) is 6.22. The SMILES string of the molecule is Cc1ccc(-c2ccn(-c3cc(N4CCCCC4)n4nc(-c5ccncc5)cc4n3)n2)cc1. The Kier molecular flexibility index (Phi) is 4.87. The van der Waals surface area contributed by atoms with Crippen molar-refractivity contribution in [1.29, 1.82) is 0 Å². The van der Waals surface area contributed by atoms with Gasteiger partial charge in [0.25, 0.3) is 0 Å². The van der Waals surface area contributed by atoms with E-state index in [1.165, 1.54) is 24.8 Å². The summed E-state index contributed by atoms with van der Waals surface area (Å²) in [6.07, 6.45) is 9.22. The van der Waals surface area contributed by atoms with Gasteiger partial charge >= 0.3 is 0 Å². The second kappa shape index (κ2) is 8.16. The monoisotopic (exact) mass is 435 g/mol. The number of hydrogen-bond donors (Lipinski definition) is 0. The van der Waals surface area contributed by atoms with Gasteiger partial charge in [-0.15, -0.1) is 0 Å². The Bertz CT molecular complexity index is 1390. The summed E-state index contributed by atoms with van der Waals surface area (Å²) < 4.78 is 3.83. The molecule has 1 aliphatic rings. The average Bonchev–Trinajstić information content (AvgIpc) is 3.53. The van der Waals surface area contributed by atoms with Crippen molar-refractivity contribution in [3.63, 3.8) is 0 Å². The fourth-order valence-corrected chi connectivity index (χ4v) is 4.40. The molecule has 0 unspecified atom stereocenters. The van der Waals surface area contributed by atoms with E-state index < -0.39 is 0 Å². The van der Waals surface area contributed by atoms with Crippen LogP contribution in [0.5, 0.6) is 0 Å². The molecule has 6 rings (SSSR count). The van der Waals surface area contributed by atoms with Crippen molar-refractivity contribution in [2.75, 3.05) is 18.0 Å². The molecular formula is C26H25N7. The van der Waals surface area contributed by atoms with E-state index in [0.717, 1.165) is 52.9 Å². The maximum Gasteiger partial charge on any atom is 0.160 e. The van der Waals surface area contributed by atoms with Crippen LogP contribution in [0.2, 0.25) is 0 Å². The molecule has 1 fully saturated rings. The van der Waals surface area contributed by atoms with Gasteiger partial charge in [-0.1, -0.05) is 29.8 Å². The molecule has 7 nitrogen and oxygen atoms in total. The van der Waals surface area contributed by atoms with E-state index in [0.29, 0.717) is 0 Å². The Morgan fingerprint density at radius 2 is 1.52 bits per heavy atom. The molecule has 1 aliphatic heterocycles. The summed E-state index contributed by atoms with van der Waals surface area (Å²) in [5, 5.41) is 9.75. The smallest absolute Gasteiger partial charge is 0.160 e. The van der Waals surface area contributed by atoms with Gasteiger partial charge in [0.05, 0.1) is 11.4 Å². The second-order valence-electron chi connectivity index (χ2n) is 8.57. The molecule has 33 heavy (non-hydrogen) atoms. The normalized spacial score (nSPS) is 14.2. The summed E-state index contributed by atoms with van der Waals surface area (Å²) in [6, 6.07) is 18.6. The Morgan fingerprint density at radius 3 is 2.30 bits per heavy atom. The maximum absolute atomic E-state index is 4.93. The predicted molar refractivity (Wildman–Crippen MR) is 130 cm³/mol. The highest BCUT2D eigenvalue weighted by molar-refractivity contribution is 5.67. The van der Waals surface area contributed by atoms with Gasteiger partial charge in [-0.05, 0) is 44.4 Å². The first-order chi connectivity index (χ1) is 16.2. The lowest BCUT2D eigenvalue weighted by atomic mass is 10.1. The van der Waals surface area contributed by atoms with Crippen molar-refractivity contribution in [2.45, 2.75) is 26.2 Å². The zero-order valence-corrected chi connectivity index (χ0v) is 18.6. The van der Waals surface area contributed by atoms with Crippen LogP contribution in [0, 0.1) is 6.92 Å². The summed E-state index contributed by atoms with van der Waals surface area (Å²) in [6.45, 7) is 4.14. The fraction of sp³-hybridized carbons (Fsp3) is 0.231. The summed E-state index contributed by atoms with van der Waals surface area (Å²) >= 11 is 0. The summed E-state index contributed by atoms with van der Waals surface area (Å²) in [5.41, 5.74) is 6.00. The Hall–Kier alpha value is -4.00. The molecule has 1 saturated heterocycles. The predicted octanol–water partition coefficient (Wildman–Crippen LogP) is 4.94. The molecule has 0 amide bonds. The first-order valence-corrected chi connectivity index (χ1v) is 11.4. The van der Waals surface area contributed by atoms with E-state index in [9.17, 15) is 0 Å². The molecule has 0 spiro atoms. The number of hydrogen-bond acceptors (Lipinski definition) is 5. The molecule has 0 radical (unpaired) electrons. The number of fused-ring (bicyclic) bond motifs is 1. The highest BCUT2D eigenvalue weighted by Crippen LogP contribution is 2.27. The number of aromatic nitrogens is 6. The minimum atomic E-state index is 0.794. The molecule has 0 N–H and O–H groups in total. The van der Waals surface area contributed by atoms with Crippen LogP contribution in [0.15, 0.2) is 73.2 Å². The third-order valence-electron chi connectivity index (χ3n) is 6.22. The molecule has 5 aromatic rings. The Balaban J connectivity index is 1.46. The number of benzene rings is 1. The molecule has 0 bridgehead atoms. The Morgan fingerprint density at radius 1 is 0.758 bits per heavy atom. The van der Waals surface area contributed by atoms with Crippen molar-refractivity contribution in [3.05, 3.63) is 78.8 Å². The average molecular weight is 436 g/mol. The standard InChI is InChI=1S/C26H25N7/c1-19-5-7-20(8-6-19)22-11-16-32(29-22)24-18-26(31-14-3-2-4-15-31)33-25(28-24)17-23(30-33)21-9-12-27-13-10-21/h5-13,16-18H,2-4,14-15H2,1H3. The van der Waals surface area contributed by atoms with Gasteiger partial charge in [-0.3, -0.25) is 4.98 Å². The number of rotatable bonds is 4. The van der Waals surface area contributed by atoms with Gasteiger partial charge in [-0.2, -0.15) is 14.7 Å². The van der Waals surface area contributed by atoms with Crippen molar-refractivity contribution in [2.24, 2.45) is 0 Å². The maximum atomic E-state index is 4.93. The number of nitrogens with zero attached hydrogens (tertiary/aromatic N) is 7. The van der Waals surface area contributed by atoms with Crippen LogP contribution in [0.25, 0.3) is 34.0 Å². The topological polar surface area (TPSA) is 64.1 Å². The first-order valence-electron chi connectivity index (χ1n) is 11.4. The van der Waals surface area contributed by atoms with E-state index in [1.54, 1.807) is 12.4 Å². The summed E-state index contributed by atoms with van der Waals surface area (Å²) in [4.78, 5) is 11.5. The van der Waals surface area contributed by atoms with Crippen molar-refractivity contribution in [3.8, 4) is 28.3 Å². The molecule has 164 valence electrons. The zero-order valence-electron chi connectivity index (χ0n) is 18.6. The lowest BCUT2D eigenvalue weighted by molar-refractivity contribution is 0.568. The molecule has 0 atom stereocenters. The Labute approximate surface area is 192 Å². The number of anilines is 1. The molecule has 0 saturated carbocycles. The van der Waals surface area contributed by atoms with Crippen molar-refractivity contribution >= 4 is 11.5 Å². The van der Waals surface area contributed by atoms with E-state index in [4.69, 9.17) is 15.2 Å². The molecular weight excluding hydrogens is 410 g/mol. The lowest BCUT2D eigenvalue weighted by Crippen LogP contribution is -2.31. The van der Waals surface area contributed by atoms with E-state index in [-0.39, 0.29) is 0 Å². The van der Waals surface area contributed by atoms with Crippen LogP contribution < -0.4 is 4.90 Å². The first kappa shape index (κ1) is 19.7. The van der Waals surface area contributed by atoms with Gasteiger partial charge in [-0.25, -0.2) is 9.67 Å². The van der Waals surface area contributed by atoms with Gasteiger partial charge in [0, 0.05) is 54.9 Å². The zero-order chi connectivity index (χ0) is 22.2. The minimum absolute atomic E-state index is 0.794. The third kappa shape index (κ3) is 3.75. The number of aryl methyl sites for hydroxylation is 1. The molecule has 5 heterocycles. The van der Waals surface area contributed by atoms with Crippen LogP contribution >= 0.6 is 0 Å². The highest BCUT2D eigenvalue weighted by Gasteiger charge is 2.19. The second-order valence-corrected chi connectivity index (χ2v) is 8.57. The number of pyridine rings is 1. The highest BCUT2D eigenvalue weighted by atomic mass is 15.4. The largest absolute Gasteiger partial charge is 0.356 e. The number of piperidine rings is 1. The van der Waals surface area contributed by atoms with E-state index >= 15 is 0 Å². The van der Waals surface area contributed by atoms with Gasteiger partial charge < -0.3 is 4.90 Å². The van der Waals surface area contributed by atoms with Crippen molar-refractivity contribution < 1.29 is 0 Å². The summed E-state index contributed by atoms with van der Waals surface area (Å²) in [5.74, 6) is 1.85. The van der Waals surface area contributed by atoms with Crippen molar-refractivity contribution in [1.82, 2.24) is 29.4 Å². The minimum Gasteiger partial charge on any atom is -0.356 e. The molecule has 7 heteroatoms.